The molecule has 0 unspecified atom stereocenters. The van der Waals surface area contributed by atoms with Crippen LogP contribution in [0.3, 0.4) is 0 Å². The third-order valence-corrected chi connectivity index (χ3v) is 7.64. The second-order valence-corrected chi connectivity index (χ2v) is 10.3. The van der Waals surface area contributed by atoms with E-state index in [9.17, 15) is 17.6 Å². The van der Waals surface area contributed by atoms with Gasteiger partial charge in [0.05, 0.1) is 13.2 Å². The monoisotopic (exact) mass is 497 g/mol. The van der Waals surface area contributed by atoms with Gasteiger partial charge < -0.3 is 10.1 Å². The van der Waals surface area contributed by atoms with Crippen LogP contribution in [0.4, 0.5) is 10.1 Å². The van der Waals surface area contributed by atoms with Gasteiger partial charge in [0.2, 0.25) is 15.9 Å². The van der Waals surface area contributed by atoms with Crippen LogP contribution in [-0.4, -0.2) is 56.8 Å². The van der Waals surface area contributed by atoms with Gasteiger partial charge in [-0.15, -0.1) is 0 Å². The smallest absolute Gasteiger partial charge is 0.246 e. The first-order chi connectivity index (χ1) is 15.7. The van der Waals surface area contributed by atoms with Crippen molar-refractivity contribution in [1.29, 1.82) is 0 Å². The molecule has 1 heterocycles. The summed E-state index contributed by atoms with van der Waals surface area (Å²) in [5, 5.41) is 3.02. The van der Waals surface area contributed by atoms with E-state index in [1.165, 1.54) is 22.5 Å². The lowest BCUT2D eigenvalue weighted by Gasteiger charge is -2.27. The Kier molecular flexibility index (Phi) is 8.69. The molecule has 2 aromatic rings. The highest BCUT2D eigenvalue weighted by Crippen LogP contribution is 2.31. The number of hydrogen-bond acceptors (Lipinski definition) is 5. The van der Waals surface area contributed by atoms with Crippen LogP contribution in [0.25, 0.3) is 0 Å². The number of rotatable bonds is 9. The van der Waals surface area contributed by atoms with Crippen molar-refractivity contribution >= 4 is 33.2 Å². The van der Waals surface area contributed by atoms with Crippen molar-refractivity contribution in [3.8, 4) is 5.75 Å². The number of benzene rings is 2. The quantitative estimate of drug-likeness (QED) is 0.563. The van der Waals surface area contributed by atoms with Crippen molar-refractivity contribution in [3.05, 3.63) is 52.8 Å². The molecule has 1 aliphatic heterocycles. The summed E-state index contributed by atoms with van der Waals surface area (Å²) in [4.78, 5) is 14.2. The largest absolute Gasteiger partial charge is 0.492 e. The van der Waals surface area contributed by atoms with E-state index in [0.29, 0.717) is 36.0 Å². The van der Waals surface area contributed by atoms with E-state index in [1.54, 1.807) is 37.1 Å². The average Bonchev–Trinajstić information content (AvgIpc) is 2.78. The van der Waals surface area contributed by atoms with E-state index >= 15 is 0 Å². The van der Waals surface area contributed by atoms with Crippen molar-refractivity contribution in [2.75, 3.05) is 38.6 Å². The maximum Gasteiger partial charge on any atom is 0.246 e. The molecule has 2 aromatic carbocycles. The molecule has 1 N–H and O–H groups in total. The second kappa shape index (κ2) is 11.3. The number of ether oxygens (including phenoxy) is 1. The van der Waals surface area contributed by atoms with Gasteiger partial charge in [-0.1, -0.05) is 24.1 Å². The molecule has 0 bridgehead atoms. The lowest BCUT2D eigenvalue weighted by molar-refractivity contribution is -0.117. The number of piperidine rings is 1. The molecular formula is C23H29ClFN3O4S. The number of halogens is 2. The standard InChI is InChI=1S/C23H29ClFN3O4S/c1-3-32-21-11-10-17(14-22(21)33(30,31)28-12-5-4-6-13-28)26-23(29)16-27(2)15-18-19(24)8-7-9-20(18)25/h7-11,14H,3-6,12-13,15-16H2,1-2H3,(H,26,29). The molecule has 7 nitrogen and oxygen atoms in total. The van der Waals surface area contributed by atoms with Gasteiger partial charge in [-0.2, -0.15) is 4.31 Å². The van der Waals surface area contributed by atoms with Crippen LogP contribution in [0.5, 0.6) is 5.75 Å². The molecule has 0 atom stereocenters. The van der Waals surface area contributed by atoms with Crippen molar-refractivity contribution in [2.24, 2.45) is 0 Å². The van der Waals surface area contributed by atoms with Crippen LogP contribution >= 0.6 is 11.6 Å². The number of amides is 1. The number of nitrogens with zero attached hydrogens (tertiary/aromatic N) is 2. The minimum absolute atomic E-state index is 0.0356. The fourth-order valence-corrected chi connectivity index (χ4v) is 5.66. The number of hydrogen-bond donors (Lipinski definition) is 1. The van der Waals surface area contributed by atoms with Crippen molar-refractivity contribution in [2.45, 2.75) is 37.6 Å². The molecule has 33 heavy (non-hydrogen) atoms. The molecule has 0 radical (unpaired) electrons. The minimum Gasteiger partial charge on any atom is -0.492 e. The molecule has 3 rings (SSSR count). The zero-order valence-corrected chi connectivity index (χ0v) is 20.4. The minimum atomic E-state index is -3.76. The SMILES string of the molecule is CCOc1ccc(NC(=O)CN(C)Cc2c(F)cccc2Cl)cc1S(=O)(=O)N1CCCCC1. The first kappa shape index (κ1) is 25.4. The average molecular weight is 498 g/mol. The van der Waals surface area contributed by atoms with E-state index in [-0.39, 0.29) is 29.6 Å². The molecule has 0 aromatic heterocycles. The third kappa shape index (κ3) is 6.44. The summed E-state index contributed by atoms with van der Waals surface area (Å²) >= 11 is 6.06. The fraction of sp³-hybridized carbons (Fsp3) is 0.435. The van der Waals surface area contributed by atoms with E-state index in [1.807, 2.05) is 0 Å². The topological polar surface area (TPSA) is 79.0 Å². The van der Waals surface area contributed by atoms with Crippen LogP contribution in [0, 0.1) is 5.82 Å². The van der Waals surface area contributed by atoms with Gasteiger partial charge in [0.1, 0.15) is 16.5 Å². The van der Waals surface area contributed by atoms with E-state index < -0.39 is 15.8 Å². The Morgan fingerprint density at radius 3 is 2.61 bits per heavy atom. The first-order valence-electron chi connectivity index (χ1n) is 10.9. The Morgan fingerprint density at radius 1 is 1.21 bits per heavy atom. The van der Waals surface area contributed by atoms with E-state index in [4.69, 9.17) is 16.3 Å². The van der Waals surface area contributed by atoms with Crippen molar-refractivity contribution in [3.63, 3.8) is 0 Å². The van der Waals surface area contributed by atoms with Gasteiger partial charge in [-0.25, -0.2) is 12.8 Å². The van der Waals surface area contributed by atoms with Crippen molar-refractivity contribution in [1.82, 2.24) is 9.21 Å². The zero-order valence-electron chi connectivity index (χ0n) is 18.8. The Balaban J connectivity index is 1.74. The predicted octanol–water partition coefficient (Wildman–Crippen LogP) is 4.12. The number of nitrogens with one attached hydrogen (secondary N) is 1. The molecule has 180 valence electrons. The number of carbonyl (C=O) groups excluding carboxylic acids is 1. The number of sulfonamides is 1. The highest BCUT2D eigenvalue weighted by atomic mass is 35.5. The summed E-state index contributed by atoms with van der Waals surface area (Å²) in [6.45, 7) is 3.15. The van der Waals surface area contributed by atoms with Gasteiger partial charge in [0.25, 0.3) is 0 Å². The molecule has 1 amide bonds. The van der Waals surface area contributed by atoms with Crippen LogP contribution in [0.2, 0.25) is 5.02 Å². The Labute approximate surface area is 199 Å². The Bertz CT molecular complexity index is 1070. The highest BCUT2D eigenvalue weighted by molar-refractivity contribution is 7.89. The van der Waals surface area contributed by atoms with Gasteiger partial charge in [-0.3, -0.25) is 9.69 Å². The summed E-state index contributed by atoms with van der Waals surface area (Å²) in [6, 6.07) is 9.03. The molecule has 0 spiro atoms. The van der Waals surface area contributed by atoms with E-state index in [2.05, 4.69) is 5.32 Å². The molecule has 1 saturated heterocycles. The molecule has 0 saturated carbocycles. The lowest BCUT2D eigenvalue weighted by atomic mass is 10.2. The van der Waals surface area contributed by atoms with Gasteiger partial charge in [-0.05, 0) is 57.1 Å². The maximum atomic E-state index is 14.0. The summed E-state index contributed by atoms with van der Waals surface area (Å²) in [7, 11) is -2.08. The maximum absolute atomic E-state index is 14.0. The summed E-state index contributed by atoms with van der Waals surface area (Å²) in [6.07, 6.45) is 2.64. The fourth-order valence-electron chi connectivity index (χ4n) is 3.76. The van der Waals surface area contributed by atoms with Crippen LogP contribution in [-0.2, 0) is 21.4 Å². The molecule has 1 aliphatic rings. The molecule has 0 aliphatic carbocycles. The zero-order chi connectivity index (χ0) is 24.0. The summed E-state index contributed by atoms with van der Waals surface area (Å²) in [5.41, 5.74) is 0.654. The van der Waals surface area contributed by atoms with Gasteiger partial charge >= 0.3 is 0 Å². The Morgan fingerprint density at radius 2 is 1.94 bits per heavy atom. The van der Waals surface area contributed by atoms with Gasteiger partial charge in [0, 0.05) is 35.9 Å². The predicted molar refractivity (Wildman–Crippen MR) is 127 cm³/mol. The third-order valence-electron chi connectivity index (χ3n) is 5.36. The molecule has 1 fully saturated rings. The first-order valence-corrected chi connectivity index (χ1v) is 12.7. The molecule has 10 heteroatoms. The van der Waals surface area contributed by atoms with Crippen LogP contribution < -0.4 is 10.1 Å². The summed E-state index contributed by atoms with van der Waals surface area (Å²) in [5.74, 6) is -0.545. The summed E-state index contributed by atoms with van der Waals surface area (Å²) < 4.78 is 47.5. The molecular weight excluding hydrogens is 469 g/mol. The van der Waals surface area contributed by atoms with Crippen LogP contribution in [0.1, 0.15) is 31.7 Å². The Hall–Kier alpha value is -2.20. The number of carbonyl (C=O) groups is 1. The highest BCUT2D eigenvalue weighted by Gasteiger charge is 2.29. The number of likely N-dealkylation sites (N-methyl/N-ethyl adjacent to an activating group) is 1. The number of anilines is 1. The van der Waals surface area contributed by atoms with Gasteiger partial charge in [0.15, 0.2) is 0 Å². The van der Waals surface area contributed by atoms with Crippen LogP contribution in [0.15, 0.2) is 41.3 Å². The second-order valence-electron chi connectivity index (χ2n) is 7.98. The van der Waals surface area contributed by atoms with E-state index in [0.717, 1.165) is 19.3 Å². The van der Waals surface area contributed by atoms with Crippen molar-refractivity contribution < 1.29 is 22.3 Å². The lowest BCUT2D eigenvalue weighted by Crippen LogP contribution is -2.36. The normalized spacial score (nSPS) is 14.9.